The Morgan fingerprint density at radius 3 is 2.55 bits per heavy atom. The Bertz CT molecular complexity index is 458. The summed E-state index contributed by atoms with van der Waals surface area (Å²) in [5, 5.41) is 6.51. The molecule has 0 atom stereocenters. The van der Waals surface area contributed by atoms with Crippen LogP contribution in [0.4, 0.5) is 0 Å². The summed E-state index contributed by atoms with van der Waals surface area (Å²) < 4.78 is 25.0. The molecule has 2 rings (SSSR count). The van der Waals surface area contributed by atoms with E-state index in [4.69, 9.17) is 0 Å². The van der Waals surface area contributed by atoms with Gasteiger partial charge >= 0.3 is 0 Å². The van der Waals surface area contributed by atoms with E-state index in [-0.39, 0.29) is 0 Å². The first kappa shape index (κ1) is 17.5. The fourth-order valence-electron chi connectivity index (χ4n) is 3.36. The van der Waals surface area contributed by atoms with E-state index in [1.165, 1.54) is 38.5 Å². The maximum absolute atomic E-state index is 11.7. The third kappa shape index (κ3) is 5.43. The summed E-state index contributed by atoms with van der Waals surface area (Å²) in [7, 11) is -1.24. The van der Waals surface area contributed by atoms with Crippen molar-refractivity contribution in [3.8, 4) is 0 Å². The molecule has 2 aliphatic rings. The maximum atomic E-state index is 11.7. The number of sulfonamides is 1. The van der Waals surface area contributed by atoms with Crippen molar-refractivity contribution in [1.29, 1.82) is 0 Å². The molecule has 1 aliphatic heterocycles. The van der Waals surface area contributed by atoms with Crippen LogP contribution in [0, 0.1) is 5.92 Å². The maximum Gasteiger partial charge on any atom is 0.214 e. The second kappa shape index (κ2) is 8.72. The van der Waals surface area contributed by atoms with E-state index in [0.717, 1.165) is 24.8 Å². The Kier molecular flexibility index (Phi) is 6.95. The summed E-state index contributed by atoms with van der Waals surface area (Å²) in [5.41, 5.74) is 0. The van der Waals surface area contributed by atoms with Crippen LogP contribution in [0.1, 0.15) is 44.9 Å². The predicted molar refractivity (Wildman–Crippen MR) is 90.5 cm³/mol. The van der Waals surface area contributed by atoms with Crippen LogP contribution in [-0.2, 0) is 10.0 Å². The second-order valence-corrected chi connectivity index (χ2v) is 8.38. The lowest BCUT2D eigenvalue weighted by Crippen LogP contribution is -2.42. The quantitative estimate of drug-likeness (QED) is 0.417. The van der Waals surface area contributed by atoms with Gasteiger partial charge in [0.1, 0.15) is 0 Å². The first-order chi connectivity index (χ1) is 10.6. The fraction of sp³-hybridized carbons (Fsp3) is 0.933. The molecule has 7 heteroatoms. The van der Waals surface area contributed by atoms with Crippen molar-refractivity contribution < 1.29 is 8.42 Å². The first-order valence-electron chi connectivity index (χ1n) is 8.54. The normalized spacial score (nSPS) is 23.0. The lowest BCUT2D eigenvalue weighted by Gasteiger charge is -2.17. The fourth-order valence-corrected chi connectivity index (χ4v) is 4.89. The van der Waals surface area contributed by atoms with Crippen LogP contribution in [0.2, 0.25) is 0 Å². The highest BCUT2D eigenvalue weighted by molar-refractivity contribution is 7.89. The zero-order chi connectivity index (χ0) is 15.8. The Labute approximate surface area is 134 Å². The molecule has 0 aromatic heterocycles. The van der Waals surface area contributed by atoms with Crippen molar-refractivity contribution >= 4 is 16.0 Å². The van der Waals surface area contributed by atoms with Gasteiger partial charge in [-0.1, -0.05) is 25.7 Å². The Morgan fingerprint density at radius 2 is 1.91 bits per heavy atom. The summed E-state index contributed by atoms with van der Waals surface area (Å²) in [4.78, 5) is 4.18. The van der Waals surface area contributed by atoms with Crippen molar-refractivity contribution in [2.75, 3.05) is 39.0 Å². The molecule has 0 aromatic carbocycles. The van der Waals surface area contributed by atoms with E-state index >= 15 is 0 Å². The molecule has 0 aromatic rings. The molecule has 0 bridgehead atoms. The number of guanidine groups is 1. The minimum Gasteiger partial charge on any atom is -0.356 e. The molecule has 128 valence electrons. The highest BCUT2D eigenvalue weighted by atomic mass is 32.2. The van der Waals surface area contributed by atoms with Gasteiger partial charge in [0, 0.05) is 33.2 Å². The molecule has 0 radical (unpaired) electrons. The van der Waals surface area contributed by atoms with Crippen LogP contribution in [-0.4, -0.2) is 57.7 Å². The van der Waals surface area contributed by atoms with Crippen LogP contribution in [0.25, 0.3) is 0 Å². The summed E-state index contributed by atoms with van der Waals surface area (Å²) in [6, 6.07) is 0. The average molecular weight is 330 g/mol. The molecule has 0 amide bonds. The second-order valence-electron chi connectivity index (χ2n) is 6.29. The van der Waals surface area contributed by atoms with E-state index in [1.54, 1.807) is 11.4 Å². The Hall–Kier alpha value is -0.820. The third-order valence-corrected chi connectivity index (χ3v) is 6.59. The molecule has 1 heterocycles. The molecule has 1 saturated carbocycles. The predicted octanol–water partition coefficient (Wildman–Crippen LogP) is 1.16. The molecule has 2 fully saturated rings. The summed E-state index contributed by atoms with van der Waals surface area (Å²) in [5.74, 6) is 1.99. The van der Waals surface area contributed by atoms with Gasteiger partial charge in [-0.2, -0.15) is 0 Å². The van der Waals surface area contributed by atoms with Gasteiger partial charge in [0.2, 0.25) is 10.0 Å². The molecule has 6 nitrogen and oxygen atoms in total. The smallest absolute Gasteiger partial charge is 0.214 e. The summed E-state index contributed by atoms with van der Waals surface area (Å²) in [6.07, 6.45) is 8.83. The standard InChI is InChI=1S/C15H30N4O2S/c1-16-15(17-9-4-8-14-6-2-3-7-14)18-10-12-19-11-5-13-22(19,20)21/h14H,2-13H2,1H3,(H2,16,17,18). The van der Waals surface area contributed by atoms with Gasteiger partial charge in [0.25, 0.3) is 0 Å². The SMILES string of the molecule is CN=C(NCCCC1CCCC1)NCCN1CCCS1(=O)=O. The van der Waals surface area contributed by atoms with Gasteiger partial charge < -0.3 is 10.6 Å². The lowest BCUT2D eigenvalue weighted by molar-refractivity contribution is 0.444. The summed E-state index contributed by atoms with van der Waals surface area (Å²) >= 11 is 0. The van der Waals surface area contributed by atoms with Gasteiger partial charge in [0.05, 0.1) is 5.75 Å². The number of hydrogen-bond donors (Lipinski definition) is 2. The minimum absolute atomic E-state index is 0.293. The van der Waals surface area contributed by atoms with Gasteiger partial charge in [-0.3, -0.25) is 4.99 Å². The van der Waals surface area contributed by atoms with Gasteiger partial charge in [-0.15, -0.1) is 0 Å². The minimum atomic E-state index is -2.99. The monoisotopic (exact) mass is 330 g/mol. The highest BCUT2D eigenvalue weighted by Crippen LogP contribution is 2.28. The summed E-state index contributed by atoms with van der Waals surface area (Å²) in [6.45, 7) is 2.70. The first-order valence-corrected chi connectivity index (χ1v) is 10.1. The zero-order valence-corrected chi connectivity index (χ0v) is 14.5. The largest absolute Gasteiger partial charge is 0.356 e. The number of rotatable bonds is 7. The van der Waals surface area contributed by atoms with E-state index in [2.05, 4.69) is 15.6 Å². The van der Waals surface area contributed by atoms with Crippen LogP contribution < -0.4 is 10.6 Å². The van der Waals surface area contributed by atoms with Crippen LogP contribution in [0.5, 0.6) is 0 Å². The van der Waals surface area contributed by atoms with E-state index in [0.29, 0.717) is 25.4 Å². The van der Waals surface area contributed by atoms with Crippen molar-refractivity contribution in [2.24, 2.45) is 10.9 Å². The van der Waals surface area contributed by atoms with Crippen molar-refractivity contribution in [3.63, 3.8) is 0 Å². The van der Waals surface area contributed by atoms with E-state index in [1.807, 2.05) is 0 Å². The Balaban J connectivity index is 1.57. The average Bonchev–Trinajstić information content (AvgIpc) is 3.11. The molecular formula is C15H30N4O2S. The lowest BCUT2D eigenvalue weighted by atomic mass is 10.0. The Morgan fingerprint density at radius 1 is 1.18 bits per heavy atom. The van der Waals surface area contributed by atoms with Crippen LogP contribution >= 0.6 is 0 Å². The number of aliphatic imine (C=N–C) groups is 1. The van der Waals surface area contributed by atoms with Crippen molar-refractivity contribution in [2.45, 2.75) is 44.9 Å². The topological polar surface area (TPSA) is 73.8 Å². The number of nitrogens with zero attached hydrogens (tertiary/aromatic N) is 2. The number of hydrogen-bond acceptors (Lipinski definition) is 3. The van der Waals surface area contributed by atoms with Gasteiger partial charge in [-0.05, 0) is 25.2 Å². The molecule has 1 saturated heterocycles. The molecule has 0 spiro atoms. The molecule has 22 heavy (non-hydrogen) atoms. The zero-order valence-electron chi connectivity index (χ0n) is 13.7. The molecular weight excluding hydrogens is 300 g/mol. The van der Waals surface area contributed by atoms with Gasteiger partial charge in [-0.25, -0.2) is 12.7 Å². The van der Waals surface area contributed by atoms with Crippen molar-refractivity contribution in [1.82, 2.24) is 14.9 Å². The van der Waals surface area contributed by atoms with E-state index < -0.39 is 10.0 Å². The van der Waals surface area contributed by atoms with E-state index in [9.17, 15) is 8.42 Å². The van der Waals surface area contributed by atoms with Crippen LogP contribution in [0.3, 0.4) is 0 Å². The molecule has 0 unspecified atom stereocenters. The molecule has 2 N–H and O–H groups in total. The third-order valence-electron chi connectivity index (χ3n) is 4.64. The highest BCUT2D eigenvalue weighted by Gasteiger charge is 2.27. The van der Waals surface area contributed by atoms with Crippen LogP contribution in [0.15, 0.2) is 4.99 Å². The van der Waals surface area contributed by atoms with Crippen molar-refractivity contribution in [3.05, 3.63) is 0 Å². The number of nitrogens with one attached hydrogen (secondary N) is 2. The van der Waals surface area contributed by atoms with Gasteiger partial charge in [0.15, 0.2) is 5.96 Å². The molecule has 1 aliphatic carbocycles.